The molecule has 5 heteroatoms. The quantitative estimate of drug-likeness (QED) is 0.860. The number of hydrogen-bond acceptors (Lipinski definition) is 3. The average molecular weight is 245 g/mol. The number of fused-ring (bicyclic) bond motifs is 1. The molecule has 96 valence electrons. The van der Waals surface area contributed by atoms with Crippen molar-refractivity contribution >= 4 is 0 Å². The Morgan fingerprint density at radius 2 is 2.50 bits per heavy atom. The van der Waals surface area contributed by atoms with Crippen LogP contribution in [0.2, 0.25) is 0 Å². The van der Waals surface area contributed by atoms with Crippen molar-refractivity contribution in [3.8, 4) is 0 Å². The Kier molecular flexibility index (Phi) is 3.15. The molecule has 0 saturated heterocycles. The van der Waals surface area contributed by atoms with Crippen LogP contribution in [0.25, 0.3) is 0 Å². The van der Waals surface area contributed by atoms with E-state index in [0.717, 1.165) is 25.3 Å². The molecule has 1 atom stereocenters. The number of nitrogens with zero attached hydrogens (tertiary/aromatic N) is 3. The zero-order valence-corrected chi connectivity index (χ0v) is 10.7. The van der Waals surface area contributed by atoms with Crippen LogP contribution in [-0.2, 0) is 13.1 Å². The van der Waals surface area contributed by atoms with Gasteiger partial charge in [0.15, 0.2) is 0 Å². The molecule has 2 N–H and O–H groups in total. The van der Waals surface area contributed by atoms with E-state index in [1.54, 1.807) is 0 Å². The fourth-order valence-corrected chi connectivity index (χ4v) is 2.64. The second-order valence-corrected chi connectivity index (χ2v) is 4.97. The highest BCUT2D eigenvalue weighted by Gasteiger charge is 2.20. The lowest BCUT2D eigenvalue weighted by molar-refractivity contribution is 0.423. The van der Waals surface area contributed by atoms with Crippen molar-refractivity contribution in [1.29, 1.82) is 0 Å². The third kappa shape index (κ3) is 2.18. The van der Waals surface area contributed by atoms with Crippen molar-refractivity contribution in [3.63, 3.8) is 0 Å². The van der Waals surface area contributed by atoms with E-state index >= 15 is 0 Å². The number of H-pyrrole nitrogens is 1. The molecule has 1 aliphatic rings. The summed E-state index contributed by atoms with van der Waals surface area (Å²) in [6.07, 6.45) is 8.37. The van der Waals surface area contributed by atoms with Crippen molar-refractivity contribution in [2.75, 3.05) is 6.54 Å². The van der Waals surface area contributed by atoms with Gasteiger partial charge < -0.3 is 9.88 Å². The van der Waals surface area contributed by atoms with Gasteiger partial charge in [0.1, 0.15) is 5.82 Å². The fraction of sp³-hybridized carbons (Fsp3) is 0.538. The summed E-state index contributed by atoms with van der Waals surface area (Å²) < 4.78 is 2.28. The van der Waals surface area contributed by atoms with Crippen LogP contribution in [0.4, 0.5) is 0 Å². The summed E-state index contributed by atoms with van der Waals surface area (Å²) in [4.78, 5) is 4.48. The number of aromatic amines is 1. The number of aryl methyl sites for hydroxylation is 2. The summed E-state index contributed by atoms with van der Waals surface area (Å²) in [6, 6.07) is 0. The van der Waals surface area contributed by atoms with Crippen LogP contribution in [0.15, 0.2) is 18.6 Å². The Balaban J connectivity index is 1.57. The number of imidazole rings is 1. The zero-order valence-electron chi connectivity index (χ0n) is 10.7. The largest absolute Gasteiger partial charge is 0.335 e. The molecule has 2 aromatic rings. The molecule has 0 fully saturated rings. The minimum absolute atomic E-state index is 0.543. The van der Waals surface area contributed by atoms with E-state index in [-0.39, 0.29) is 0 Å². The van der Waals surface area contributed by atoms with Crippen LogP contribution >= 0.6 is 0 Å². The number of aromatic nitrogens is 4. The molecule has 0 unspecified atom stereocenters. The van der Waals surface area contributed by atoms with E-state index in [1.807, 2.05) is 12.4 Å². The predicted octanol–water partition coefficient (Wildman–Crippen LogP) is 1.58. The fourth-order valence-electron chi connectivity index (χ4n) is 2.64. The number of hydrogen-bond donors (Lipinski definition) is 2. The summed E-state index contributed by atoms with van der Waals surface area (Å²) in [7, 11) is 0. The maximum Gasteiger partial charge on any atom is 0.113 e. The van der Waals surface area contributed by atoms with Gasteiger partial charge in [0.05, 0.1) is 6.20 Å². The summed E-state index contributed by atoms with van der Waals surface area (Å²) in [5.41, 5.74) is 2.39. The lowest BCUT2D eigenvalue weighted by atomic mass is 9.99. The van der Waals surface area contributed by atoms with Gasteiger partial charge >= 0.3 is 0 Å². The van der Waals surface area contributed by atoms with E-state index in [1.165, 1.54) is 24.2 Å². The lowest BCUT2D eigenvalue weighted by Crippen LogP contribution is -2.26. The molecule has 3 heterocycles. The predicted molar refractivity (Wildman–Crippen MR) is 69.2 cm³/mol. The number of nitrogens with one attached hydrogen (secondary N) is 2. The van der Waals surface area contributed by atoms with Gasteiger partial charge in [0, 0.05) is 49.2 Å². The maximum atomic E-state index is 4.48. The molecule has 0 aromatic carbocycles. The number of rotatable bonds is 4. The van der Waals surface area contributed by atoms with Crippen LogP contribution in [0.1, 0.15) is 35.8 Å². The monoisotopic (exact) mass is 245 g/mol. The second kappa shape index (κ2) is 4.94. The minimum atomic E-state index is 0.543. The summed E-state index contributed by atoms with van der Waals surface area (Å²) in [5, 5.41) is 10.5. The Hall–Kier alpha value is -1.62. The standard InChI is InChI=1S/C13H19N5/c1-10-12(9-16-17-10)8-14-7-11-3-2-5-18-6-4-15-13(11)18/h4,6,9,11,14H,2-3,5,7-8H2,1H3,(H,16,17)/t11-/m1/s1. The molecule has 0 aliphatic carbocycles. The molecule has 0 spiro atoms. The van der Waals surface area contributed by atoms with E-state index in [4.69, 9.17) is 0 Å². The third-order valence-corrected chi connectivity index (χ3v) is 3.70. The Morgan fingerprint density at radius 1 is 1.56 bits per heavy atom. The highest BCUT2D eigenvalue weighted by molar-refractivity contribution is 5.14. The molecular formula is C13H19N5. The SMILES string of the molecule is Cc1[nH]ncc1CNC[C@H]1CCCn2ccnc21. The zero-order chi connectivity index (χ0) is 12.4. The molecular weight excluding hydrogens is 226 g/mol. The van der Waals surface area contributed by atoms with Crippen LogP contribution in [-0.4, -0.2) is 26.3 Å². The van der Waals surface area contributed by atoms with Gasteiger partial charge in [-0.05, 0) is 19.8 Å². The molecule has 1 aliphatic heterocycles. The Bertz CT molecular complexity index is 513. The topological polar surface area (TPSA) is 58.5 Å². The van der Waals surface area contributed by atoms with Crippen molar-refractivity contribution in [2.24, 2.45) is 0 Å². The first kappa shape index (κ1) is 11.5. The summed E-state index contributed by atoms with van der Waals surface area (Å²) in [5.74, 6) is 1.78. The van der Waals surface area contributed by atoms with Crippen LogP contribution in [0.3, 0.4) is 0 Å². The van der Waals surface area contributed by atoms with Crippen molar-refractivity contribution in [3.05, 3.63) is 35.7 Å². The second-order valence-electron chi connectivity index (χ2n) is 4.97. The average Bonchev–Trinajstić information content (AvgIpc) is 2.99. The first-order valence-electron chi connectivity index (χ1n) is 6.55. The van der Waals surface area contributed by atoms with E-state index in [9.17, 15) is 0 Å². The summed E-state index contributed by atoms with van der Waals surface area (Å²) >= 11 is 0. The Morgan fingerprint density at radius 3 is 3.33 bits per heavy atom. The first-order valence-corrected chi connectivity index (χ1v) is 6.55. The van der Waals surface area contributed by atoms with Gasteiger partial charge in [0.25, 0.3) is 0 Å². The van der Waals surface area contributed by atoms with Gasteiger partial charge in [-0.25, -0.2) is 4.98 Å². The molecule has 0 radical (unpaired) electrons. The smallest absolute Gasteiger partial charge is 0.113 e. The van der Waals surface area contributed by atoms with Crippen molar-refractivity contribution < 1.29 is 0 Å². The van der Waals surface area contributed by atoms with Crippen LogP contribution in [0, 0.1) is 6.92 Å². The highest BCUT2D eigenvalue weighted by atomic mass is 15.1. The molecule has 2 aromatic heterocycles. The van der Waals surface area contributed by atoms with Gasteiger partial charge in [-0.3, -0.25) is 5.10 Å². The van der Waals surface area contributed by atoms with E-state index in [0.29, 0.717) is 5.92 Å². The first-order chi connectivity index (χ1) is 8.84. The van der Waals surface area contributed by atoms with Crippen molar-refractivity contribution in [2.45, 2.75) is 38.8 Å². The highest BCUT2D eigenvalue weighted by Crippen LogP contribution is 2.24. The molecule has 0 bridgehead atoms. The minimum Gasteiger partial charge on any atom is -0.335 e. The normalized spacial score (nSPS) is 18.8. The lowest BCUT2D eigenvalue weighted by Gasteiger charge is -2.23. The molecule has 5 nitrogen and oxygen atoms in total. The van der Waals surface area contributed by atoms with Crippen molar-refractivity contribution in [1.82, 2.24) is 25.1 Å². The van der Waals surface area contributed by atoms with Gasteiger partial charge in [-0.1, -0.05) is 0 Å². The van der Waals surface area contributed by atoms with Crippen LogP contribution < -0.4 is 5.32 Å². The third-order valence-electron chi connectivity index (χ3n) is 3.70. The summed E-state index contributed by atoms with van der Waals surface area (Å²) in [6.45, 7) is 5.03. The van der Waals surface area contributed by atoms with Crippen LogP contribution in [0.5, 0.6) is 0 Å². The molecule has 18 heavy (non-hydrogen) atoms. The van der Waals surface area contributed by atoms with Gasteiger partial charge in [-0.2, -0.15) is 5.10 Å². The van der Waals surface area contributed by atoms with E-state index < -0.39 is 0 Å². The molecule has 0 amide bonds. The molecule has 3 rings (SSSR count). The van der Waals surface area contributed by atoms with Gasteiger partial charge in [0.2, 0.25) is 0 Å². The molecule has 0 saturated carbocycles. The van der Waals surface area contributed by atoms with Gasteiger partial charge in [-0.15, -0.1) is 0 Å². The Labute approximate surface area is 107 Å². The van der Waals surface area contributed by atoms with E-state index in [2.05, 4.69) is 38.2 Å². The maximum absolute atomic E-state index is 4.48.